The fourth-order valence-electron chi connectivity index (χ4n) is 4.58. The van der Waals surface area contributed by atoms with Crippen LogP contribution >= 0.6 is 7.60 Å². The fraction of sp³-hybridized carbons (Fsp3) is 0.292. The van der Waals surface area contributed by atoms with Gasteiger partial charge in [-0.1, -0.05) is 24.3 Å². The minimum atomic E-state index is -4.63. The molecule has 222 valence electrons. The summed E-state index contributed by atoms with van der Waals surface area (Å²) in [6.45, 7) is 0.0584. The fourth-order valence-corrected chi connectivity index (χ4v) is 5.12. The molecule has 0 aromatic heterocycles. The van der Waals surface area contributed by atoms with Crippen LogP contribution in [-0.4, -0.2) is 98.7 Å². The lowest BCUT2D eigenvalue weighted by Gasteiger charge is -2.33. The molecule has 16 nitrogen and oxygen atoms in total. The third-order valence-electron chi connectivity index (χ3n) is 6.72. The summed E-state index contributed by atoms with van der Waals surface area (Å²) in [5.41, 5.74) is 5.71. The number of piperazine rings is 1. The average Bonchev–Trinajstić information content (AvgIpc) is 2.93. The van der Waals surface area contributed by atoms with Gasteiger partial charge in [0, 0.05) is 26.2 Å². The number of urea groups is 1. The minimum Gasteiger partial charge on any atom is -0.534 e. The number of carbonyl (C=O) groups excluding carboxylic acids is 4. The molecule has 18 heteroatoms. The van der Waals surface area contributed by atoms with Crippen molar-refractivity contribution < 1.29 is 53.1 Å². The zero-order chi connectivity index (χ0) is 30.8. The second-order valence-electron chi connectivity index (χ2n) is 9.48. The van der Waals surface area contributed by atoms with E-state index in [4.69, 9.17) is 10.4 Å². The van der Waals surface area contributed by atoms with Crippen molar-refractivity contribution in [2.45, 2.75) is 18.4 Å². The van der Waals surface area contributed by atoms with Gasteiger partial charge in [0.2, 0.25) is 5.91 Å². The number of carboxylic acids is 1. The second kappa shape index (κ2) is 12.3. The lowest BCUT2D eigenvalue weighted by atomic mass is 9.72. The minimum absolute atomic E-state index is 0.0202. The molecule has 1 unspecified atom stereocenters. The van der Waals surface area contributed by atoms with Crippen LogP contribution in [0.4, 0.5) is 4.79 Å². The predicted molar refractivity (Wildman–Crippen MR) is 144 cm³/mol. The van der Waals surface area contributed by atoms with Crippen molar-refractivity contribution in [1.29, 1.82) is 0 Å². The van der Waals surface area contributed by atoms with Gasteiger partial charge in [-0.05, 0) is 35.7 Å². The number of nitrogens with zero attached hydrogens (tertiary/aromatic N) is 2. The largest absolute Gasteiger partial charge is 0.547 e. The van der Waals surface area contributed by atoms with Crippen LogP contribution in [0.15, 0.2) is 42.5 Å². The Morgan fingerprint density at radius 1 is 1.10 bits per heavy atom. The van der Waals surface area contributed by atoms with E-state index in [0.29, 0.717) is 10.5 Å². The van der Waals surface area contributed by atoms with Crippen LogP contribution in [0.3, 0.4) is 0 Å². The first-order valence-electron chi connectivity index (χ1n) is 12.6. The van der Waals surface area contributed by atoms with Gasteiger partial charge < -0.3 is 45.8 Å². The molecule has 2 aromatic carbocycles. The summed E-state index contributed by atoms with van der Waals surface area (Å²) in [4.78, 5) is 83.8. The third kappa shape index (κ3) is 6.45. The highest BCUT2D eigenvalue weighted by atomic mass is 31.2. The normalized spacial score (nSPS) is 17.7. The molecule has 2 heterocycles. The topological polar surface area (TPSA) is 249 Å². The van der Waals surface area contributed by atoms with Crippen LogP contribution in [0.25, 0.3) is 0 Å². The Labute approximate surface area is 238 Å². The van der Waals surface area contributed by atoms with E-state index in [1.54, 1.807) is 6.07 Å². The van der Waals surface area contributed by atoms with Crippen molar-refractivity contribution in [3.05, 3.63) is 59.2 Å². The molecule has 1 fully saturated rings. The SMILES string of the molecule is NCCN1CCN(C(=O)NC(C(=O)N[C@H]2Cc3cccc(C(=O)O)c3OB2O)c2ccc(P(=O)(O)O)cc2)C(=O)C1=O. The lowest BCUT2D eigenvalue weighted by Crippen LogP contribution is -2.60. The summed E-state index contributed by atoms with van der Waals surface area (Å²) in [7, 11) is -6.31. The van der Waals surface area contributed by atoms with E-state index >= 15 is 0 Å². The molecular formula is C24H27BN5O11P. The Bertz CT molecular complexity index is 1470. The number of fused-ring (bicyclic) bond motifs is 1. The van der Waals surface area contributed by atoms with E-state index in [0.717, 1.165) is 12.1 Å². The number of benzene rings is 2. The molecule has 0 spiro atoms. The van der Waals surface area contributed by atoms with Gasteiger partial charge in [-0.2, -0.15) is 0 Å². The molecule has 2 aromatic rings. The summed E-state index contributed by atoms with van der Waals surface area (Å²) in [5, 5.41) is 24.5. The van der Waals surface area contributed by atoms with E-state index in [1.165, 1.54) is 29.2 Å². The van der Waals surface area contributed by atoms with Crippen molar-refractivity contribution in [2.24, 2.45) is 5.73 Å². The average molecular weight is 603 g/mol. The number of rotatable bonds is 8. The molecule has 2 atom stereocenters. The van der Waals surface area contributed by atoms with Gasteiger partial charge in [-0.15, -0.1) is 0 Å². The number of para-hydroxylation sites is 1. The summed E-state index contributed by atoms with van der Waals surface area (Å²) in [6.07, 6.45) is -0.0444. The Morgan fingerprint density at radius 3 is 2.40 bits per heavy atom. The maximum atomic E-state index is 13.5. The second-order valence-corrected chi connectivity index (χ2v) is 11.1. The lowest BCUT2D eigenvalue weighted by molar-refractivity contribution is -0.153. The van der Waals surface area contributed by atoms with Gasteiger partial charge in [0.15, 0.2) is 0 Å². The molecule has 4 rings (SSSR count). The first-order chi connectivity index (χ1) is 19.8. The van der Waals surface area contributed by atoms with Crippen LogP contribution in [0.2, 0.25) is 0 Å². The molecule has 2 aliphatic heterocycles. The highest BCUT2D eigenvalue weighted by Crippen LogP contribution is 2.33. The van der Waals surface area contributed by atoms with E-state index < -0.39 is 56.4 Å². The van der Waals surface area contributed by atoms with Crippen molar-refractivity contribution in [1.82, 2.24) is 20.4 Å². The number of nitrogens with one attached hydrogen (secondary N) is 2. The number of aromatic carboxylic acids is 1. The molecule has 8 N–H and O–H groups in total. The standard InChI is InChI=1S/C24H27BN5O11P/c26-8-9-29-10-11-30(22(33)21(29)32)24(36)28-18(13-4-6-15(7-5-13)42(38,39)40)20(31)27-17-12-14-2-1-3-16(23(34)35)19(14)41-25(17)37/h1-7,17-18,37H,8-12,26H2,(H,27,31)(H,28,36)(H,34,35)(H2,38,39,40)/t17-,18?/m0/s1. The van der Waals surface area contributed by atoms with E-state index in [-0.39, 0.29) is 54.8 Å². The Balaban J connectivity index is 1.58. The van der Waals surface area contributed by atoms with E-state index in [9.17, 15) is 48.5 Å². The van der Waals surface area contributed by atoms with Crippen LogP contribution in [0.1, 0.15) is 27.5 Å². The van der Waals surface area contributed by atoms with Crippen LogP contribution < -0.4 is 26.3 Å². The third-order valence-corrected chi connectivity index (χ3v) is 7.69. The summed E-state index contributed by atoms with van der Waals surface area (Å²) < 4.78 is 17.0. The summed E-state index contributed by atoms with van der Waals surface area (Å²) in [6, 6.07) is 6.17. The molecule has 42 heavy (non-hydrogen) atoms. The zero-order valence-electron chi connectivity index (χ0n) is 21.9. The smallest absolute Gasteiger partial charge is 0.534 e. The molecule has 0 saturated carbocycles. The number of hydrogen-bond acceptors (Lipinski definition) is 9. The van der Waals surface area contributed by atoms with Crippen LogP contribution in [0.5, 0.6) is 5.75 Å². The van der Waals surface area contributed by atoms with Gasteiger partial charge in [-0.3, -0.25) is 23.8 Å². The van der Waals surface area contributed by atoms with E-state index in [2.05, 4.69) is 10.6 Å². The van der Waals surface area contributed by atoms with Gasteiger partial charge in [-0.25, -0.2) is 9.59 Å². The van der Waals surface area contributed by atoms with Crippen molar-refractivity contribution in [3.8, 4) is 5.75 Å². The Kier molecular flexibility index (Phi) is 8.99. The number of imide groups is 1. The quantitative estimate of drug-likeness (QED) is 0.0957. The van der Waals surface area contributed by atoms with Gasteiger partial charge in [0.25, 0.3) is 0 Å². The molecule has 2 aliphatic rings. The van der Waals surface area contributed by atoms with Crippen LogP contribution in [-0.2, 0) is 25.4 Å². The first-order valence-corrected chi connectivity index (χ1v) is 14.2. The molecule has 0 radical (unpaired) electrons. The number of nitrogens with two attached hydrogens (primary N) is 1. The number of carboxylic acid groups (broad SMARTS) is 1. The maximum absolute atomic E-state index is 13.5. The summed E-state index contributed by atoms with van der Waals surface area (Å²) in [5.74, 6) is -5.43. The number of carbonyl (C=O) groups is 5. The van der Waals surface area contributed by atoms with E-state index in [1.807, 2.05) is 0 Å². The van der Waals surface area contributed by atoms with Gasteiger partial charge in [0.05, 0.1) is 16.8 Å². The maximum Gasteiger partial charge on any atom is 0.547 e. The highest BCUT2D eigenvalue weighted by molar-refractivity contribution is 7.60. The highest BCUT2D eigenvalue weighted by Gasteiger charge is 2.41. The molecule has 1 saturated heterocycles. The van der Waals surface area contributed by atoms with Crippen molar-refractivity contribution in [3.63, 3.8) is 0 Å². The molecular weight excluding hydrogens is 576 g/mol. The van der Waals surface area contributed by atoms with Crippen molar-refractivity contribution in [2.75, 3.05) is 26.2 Å². The van der Waals surface area contributed by atoms with Gasteiger partial charge >= 0.3 is 38.5 Å². The number of hydrogen-bond donors (Lipinski definition) is 7. The first kappa shape index (κ1) is 30.7. The van der Waals surface area contributed by atoms with Crippen LogP contribution in [0, 0.1) is 0 Å². The molecule has 0 bridgehead atoms. The predicted octanol–water partition coefficient (Wildman–Crippen LogP) is -2.29. The molecule has 5 amide bonds. The molecule has 0 aliphatic carbocycles. The summed E-state index contributed by atoms with van der Waals surface area (Å²) >= 11 is 0. The Morgan fingerprint density at radius 2 is 1.79 bits per heavy atom. The Hall–Kier alpha value is -4.28. The monoisotopic (exact) mass is 603 g/mol. The number of amides is 5. The van der Waals surface area contributed by atoms with Gasteiger partial charge in [0.1, 0.15) is 11.8 Å². The van der Waals surface area contributed by atoms with Crippen molar-refractivity contribution >= 4 is 49.7 Å². The zero-order valence-corrected chi connectivity index (χ0v) is 22.8.